The summed E-state index contributed by atoms with van der Waals surface area (Å²) in [7, 11) is 1.83. The molecule has 0 aromatic heterocycles. The Hall–Kier alpha value is -2.12. The summed E-state index contributed by atoms with van der Waals surface area (Å²) in [5.74, 6) is 0.686. The van der Waals surface area contributed by atoms with E-state index in [4.69, 9.17) is 5.73 Å². The Morgan fingerprint density at radius 2 is 1.94 bits per heavy atom. The molecule has 1 aromatic rings. The van der Waals surface area contributed by atoms with E-state index >= 15 is 0 Å². The van der Waals surface area contributed by atoms with E-state index in [1.165, 1.54) is 11.1 Å². The van der Waals surface area contributed by atoms with Crippen LogP contribution in [0.4, 0.5) is 0 Å². The number of nitrogens with two attached hydrogens (primary N) is 1. The van der Waals surface area contributed by atoms with Gasteiger partial charge in [-0.3, -0.25) is 14.7 Å². The summed E-state index contributed by atoms with van der Waals surface area (Å²) in [5, 5.41) is 7.06. The molecule has 2 fully saturated rings. The molecule has 0 radical (unpaired) electrons. The first-order valence-corrected chi connectivity index (χ1v) is 11.8. The molecule has 2 aliphatic heterocycles. The van der Waals surface area contributed by atoms with Crippen molar-refractivity contribution in [1.29, 1.82) is 0 Å². The number of piperidine rings is 2. The van der Waals surface area contributed by atoms with Crippen molar-refractivity contribution in [3.05, 3.63) is 35.4 Å². The van der Waals surface area contributed by atoms with Crippen LogP contribution in [0.3, 0.4) is 0 Å². The Kier molecular flexibility index (Phi) is 8.72. The summed E-state index contributed by atoms with van der Waals surface area (Å²) >= 11 is 0. The van der Waals surface area contributed by atoms with Gasteiger partial charge in [0.25, 0.3) is 0 Å². The zero-order valence-corrected chi connectivity index (χ0v) is 19.4. The average Bonchev–Trinajstić information content (AvgIpc) is 2.77. The fourth-order valence-corrected chi connectivity index (χ4v) is 4.66. The minimum atomic E-state index is -0.170. The van der Waals surface area contributed by atoms with Gasteiger partial charge in [0.1, 0.15) is 0 Å². The van der Waals surface area contributed by atoms with Gasteiger partial charge in [-0.25, -0.2) is 0 Å². The topological polar surface area (TPSA) is 86.0 Å². The number of aliphatic imine (C=N–C) groups is 1. The quantitative estimate of drug-likeness (QED) is 0.456. The third kappa shape index (κ3) is 7.21. The number of hydrogen-bond donors (Lipinski definition) is 3. The van der Waals surface area contributed by atoms with E-state index in [1.54, 1.807) is 0 Å². The maximum absolute atomic E-state index is 11.5. The second-order valence-corrected chi connectivity index (χ2v) is 9.27. The standard InChI is InChI=1S/C24H40N6O/c1-18(2)30-12-9-22(10-13-30)28-24(26-3)27-15-19-6-4-7-20(14-19)16-29-11-5-8-21(17-29)23(25)31/h4,6-7,14,18,21-22H,5,8-13,15-17H2,1-3H3,(H2,25,31)(H2,26,27,28). The summed E-state index contributed by atoms with van der Waals surface area (Å²) in [6.07, 6.45) is 4.25. The molecule has 1 amide bonds. The van der Waals surface area contributed by atoms with Crippen LogP contribution in [-0.4, -0.2) is 67.0 Å². The molecule has 0 aliphatic carbocycles. The van der Waals surface area contributed by atoms with Gasteiger partial charge in [0, 0.05) is 51.9 Å². The van der Waals surface area contributed by atoms with Gasteiger partial charge in [-0.05, 0) is 57.2 Å². The lowest BCUT2D eigenvalue weighted by molar-refractivity contribution is -0.123. The largest absolute Gasteiger partial charge is 0.369 e. The van der Waals surface area contributed by atoms with Gasteiger partial charge in [0.05, 0.1) is 5.92 Å². The molecule has 1 unspecified atom stereocenters. The van der Waals surface area contributed by atoms with E-state index in [0.717, 1.165) is 70.9 Å². The first-order chi connectivity index (χ1) is 14.9. The summed E-state index contributed by atoms with van der Waals surface area (Å²) in [4.78, 5) is 20.8. The van der Waals surface area contributed by atoms with E-state index in [-0.39, 0.29) is 11.8 Å². The average molecular weight is 429 g/mol. The SMILES string of the molecule is CN=C(NCc1cccc(CN2CCCC(C(N)=O)C2)c1)NC1CCN(C(C)C)CC1. The third-order valence-electron chi connectivity index (χ3n) is 6.59. The monoisotopic (exact) mass is 428 g/mol. The lowest BCUT2D eigenvalue weighted by Crippen LogP contribution is -2.49. The number of nitrogens with zero attached hydrogens (tertiary/aromatic N) is 3. The minimum Gasteiger partial charge on any atom is -0.369 e. The molecule has 0 saturated carbocycles. The first-order valence-electron chi connectivity index (χ1n) is 11.8. The van der Waals surface area contributed by atoms with E-state index in [2.05, 4.69) is 63.5 Å². The Labute approximate surface area is 187 Å². The van der Waals surface area contributed by atoms with Crippen LogP contribution in [0.2, 0.25) is 0 Å². The van der Waals surface area contributed by atoms with E-state index in [0.29, 0.717) is 12.1 Å². The predicted octanol–water partition coefficient (Wildman–Crippen LogP) is 1.92. The van der Waals surface area contributed by atoms with Gasteiger partial charge in [0.2, 0.25) is 5.91 Å². The van der Waals surface area contributed by atoms with Gasteiger partial charge < -0.3 is 21.3 Å². The number of primary amides is 1. The Morgan fingerprint density at radius 1 is 1.19 bits per heavy atom. The molecule has 2 saturated heterocycles. The van der Waals surface area contributed by atoms with E-state index in [9.17, 15) is 4.79 Å². The summed E-state index contributed by atoms with van der Waals surface area (Å²) < 4.78 is 0. The normalized spacial score (nSPS) is 21.9. The van der Waals surface area contributed by atoms with Gasteiger partial charge in [-0.2, -0.15) is 0 Å². The Bertz CT molecular complexity index is 741. The lowest BCUT2D eigenvalue weighted by atomic mass is 9.97. The molecule has 0 spiro atoms. The number of guanidine groups is 1. The second kappa shape index (κ2) is 11.5. The molecular weight excluding hydrogens is 388 g/mol. The van der Waals surface area contributed by atoms with Crippen molar-refractivity contribution < 1.29 is 4.79 Å². The zero-order valence-electron chi connectivity index (χ0n) is 19.4. The first kappa shape index (κ1) is 23.5. The fraction of sp³-hybridized carbons (Fsp3) is 0.667. The highest BCUT2D eigenvalue weighted by molar-refractivity contribution is 5.80. The smallest absolute Gasteiger partial charge is 0.221 e. The minimum absolute atomic E-state index is 0.0135. The maximum Gasteiger partial charge on any atom is 0.221 e. The molecule has 2 aliphatic rings. The molecule has 7 heteroatoms. The zero-order chi connectivity index (χ0) is 22.2. The van der Waals surface area contributed by atoms with Crippen LogP contribution >= 0.6 is 0 Å². The molecule has 3 rings (SSSR count). The van der Waals surface area contributed by atoms with Crippen molar-refractivity contribution in [2.45, 2.75) is 64.7 Å². The van der Waals surface area contributed by atoms with Crippen LogP contribution in [-0.2, 0) is 17.9 Å². The van der Waals surface area contributed by atoms with Crippen molar-refractivity contribution in [3.8, 4) is 0 Å². The maximum atomic E-state index is 11.5. The highest BCUT2D eigenvalue weighted by Gasteiger charge is 2.24. The van der Waals surface area contributed by atoms with Gasteiger partial charge in [0.15, 0.2) is 5.96 Å². The third-order valence-corrected chi connectivity index (χ3v) is 6.59. The van der Waals surface area contributed by atoms with Crippen molar-refractivity contribution in [2.75, 3.05) is 33.2 Å². The summed E-state index contributed by atoms with van der Waals surface area (Å²) in [6, 6.07) is 9.76. The number of benzene rings is 1. The molecule has 7 nitrogen and oxygen atoms in total. The van der Waals surface area contributed by atoms with Gasteiger partial charge in [-0.15, -0.1) is 0 Å². The van der Waals surface area contributed by atoms with Gasteiger partial charge in [-0.1, -0.05) is 24.3 Å². The highest BCUT2D eigenvalue weighted by atomic mass is 16.1. The highest BCUT2D eigenvalue weighted by Crippen LogP contribution is 2.19. The lowest BCUT2D eigenvalue weighted by Gasteiger charge is -2.35. The van der Waals surface area contributed by atoms with Gasteiger partial charge >= 0.3 is 0 Å². The molecule has 31 heavy (non-hydrogen) atoms. The molecule has 4 N–H and O–H groups in total. The molecular formula is C24H40N6O. The predicted molar refractivity (Wildman–Crippen MR) is 127 cm³/mol. The molecule has 1 aromatic carbocycles. The van der Waals surface area contributed by atoms with Crippen LogP contribution in [0.1, 0.15) is 50.7 Å². The number of amides is 1. The number of rotatable bonds is 7. The Morgan fingerprint density at radius 3 is 2.61 bits per heavy atom. The number of carbonyl (C=O) groups is 1. The van der Waals surface area contributed by atoms with E-state index in [1.807, 2.05) is 7.05 Å². The molecule has 0 bridgehead atoms. The molecule has 2 heterocycles. The van der Waals surface area contributed by atoms with Crippen molar-refractivity contribution in [2.24, 2.45) is 16.6 Å². The van der Waals surface area contributed by atoms with Crippen LogP contribution in [0.25, 0.3) is 0 Å². The summed E-state index contributed by atoms with van der Waals surface area (Å²) in [5.41, 5.74) is 8.03. The number of nitrogens with one attached hydrogen (secondary N) is 2. The van der Waals surface area contributed by atoms with Crippen molar-refractivity contribution in [3.63, 3.8) is 0 Å². The van der Waals surface area contributed by atoms with Crippen LogP contribution in [0.5, 0.6) is 0 Å². The number of carbonyl (C=O) groups excluding carboxylic acids is 1. The number of hydrogen-bond acceptors (Lipinski definition) is 4. The van der Waals surface area contributed by atoms with Crippen molar-refractivity contribution >= 4 is 11.9 Å². The van der Waals surface area contributed by atoms with Crippen LogP contribution in [0.15, 0.2) is 29.3 Å². The van der Waals surface area contributed by atoms with E-state index < -0.39 is 0 Å². The van der Waals surface area contributed by atoms with Crippen molar-refractivity contribution in [1.82, 2.24) is 20.4 Å². The summed E-state index contributed by atoms with van der Waals surface area (Å²) in [6.45, 7) is 10.2. The van der Waals surface area contributed by atoms with Crippen LogP contribution in [0, 0.1) is 5.92 Å². The Balaban J connectivity index is 1.47. The fourth-order valence-electron chi connectivity index (χ4n) is 4.66. The second-order valence-electron chi connectivity index (χ2n) is 9.27. The number of likely N-dealkylation sites (tertiary alicyclic amines) is 2. The molecule has 172 valence electrons. The molecule has 1 atom stereocenters. The van der Waals surface area contributed by atoms with Crippen LogP contribution < -0.4 is 16.4 Å².